The average Bonchev–Trinajstić information content (AvgIpc) is 2.72. The Morgan fingerprint density at radius 1 is 0.781 bits per heavy atom. The largest absolute Gasteiger partial charge is 0.342 e. The molecule has 0 unspecified atom stereocenters. The van der Waals surface area contributed by atoms with Crippen molar-refractivity contribution in [1.29, 1.82) is 0 Å². The third kappa shape index (κ3) is 8.46. The van der Waals surface area contributed by atoms with Gasteiger partial charge >= 0.3 is 0 Å². The highest BCUT2D eigenvalue weighted by Crippen LogP contribution is 2.43. The molecule has 32 heavy (non-hydrogen) atoms. The molecule has 6 nitrogen and oxygen atoms in total. The van der Waals surface area contributed by atoms with Gasteiger partial charge in [-0.05, 0) is 25.0 Å². The lowest BCUT2D eigenvalue weighted by Crippen LogP contribution is -2.36. The molecule has 0 spiro atoms. The fourth-order valence-corrected chi connectivity index (χ4v) is 4.71. The van der Waals surface area contributed by atoms with Crippen LogP contribution in [0.1, 0.15) is 25.0 Å². The zero-order chi connectivity index (χ0) is 23.0. The minimum Gasteiger partial charge on any atom is -0.342 e. The van der Waals surface area contributed by atoms with Gasteiger partial charge in [0.05, 0.1) is 12.6 Å². The summed E-state index contributed by atoms with van der Waals surface area (Å²) >= 11 is 0. The Hall–Kier alpha value is -2.66. The first-order valence-electron chi connectivity index (χ1n) is 9.87. The van der Waals surface area contributed by atoms with Crippen molar-refractivity contribution >= 4 is 31.6 Å². The number of amides is 2. The van der Waals surface area contributed by atoms with Crippen molar-refractivity contribution in [3.05, 3.63) is 96.1 Å². The Balaban J connectivity index is 0.00000512. The van der Waals surface area contributed by atoms with Crippen molar-refractivity contribution in [2.45, 2.75) is 26.9 Å². The molecule has 0 saturated heterocycles. The Bertz CT molecular complexity index is 918. The molecule has 0 radical (unpaired) electrons. The number of benzene rings is 2. The molecular formula is C24H30ClN2O4P. The van der Waals surface area contributed by atoms with E-state index in [0.29, 0.717) is 0 Å². The molecule has 2 rings (SSSR count). The van der Waals surface area contributed by atoms with Gasteiger partial charge in [0, 0.05) is 24.2 Å². The van der Waals surface area contributed by atoms with Gasteiger partial charge in [0.1, 0.15) is 0 Å². The molecule has 0 aliphatic rings. The van der Waals surface area contributed by atoms with Crippen molar-refractivity contribution in [2.75, 3.05) is 12.6 Å². The summed E-state index contributed by atoms with van der Waals surface area (Å²) in [5, 5.41) is 0. The van der Waals surface area contributed by atoms with E-state index in [2.05, 4.69) is 13.2 Å². The van der Waals surface area contributed by atoms with Crippen molar-refractivity contribution in [1.82, 2.24) is 9.80 Å². The quantitative estimate of drug-likeness (QED) is 0.394. The molecular weight excluding hydrogens is 447 g/mol. The summed E-state index contributed by atoms with van der Waals surface area (Å²) in [5.74, 6) is -0.807. The number of carbonyl (C=O) groups is 2. The monoisotopic (exact) mass is 476 g/mol. The van der Waals surface area contributed by atoms with Crippen LogP contribution in [0.2, 0.25) is 0 Å². The molecule has 0 saturated carbocycles. The van der Waals surface area contributed by atoms with Gasteiger partial charge in [-0.3, -0.25) is 14.2 Å². The van der Waals surface area contributed by atoms with E-state index in [0.717, 1.165) is 11.1 Å². The lowest BCUT2D eigenvalue weighted by atomic mass is 10.2. The smallest absolute Gasteiger partial charge is 0.249 e. The topological polar surface area (TPSA) is 77.9 Å². The molecule has 0 heterocycles. The van der Waals surface area contributed by atoms with Crippen molar-refractivity contribution < 1.29 is 19.0 Å². The van der Waals surface area contributed by atoms with Crippen LogP contribution in [0.15, 0.2) is 85.0 Å². The summed E-state index contributed by atoms with van der Waals surface area (Å²) in [6.07, 6.45) is -0.773. The number of carbonyl (C=O) groups excluding carboxylic acids is 2. The Morgan fingerprint density at radius 3 is 1.38 bits per heavy atom. The molecule has 0 bridgehead atoms. The van der Waals surface area contributed by atoms with Gasteiger partial charge in [0.15, 0.2) is 0 Å². The molecule has 0 atom stereocenters. The normalized spacial score (nSPS) is 10.6. The second-order valence-corrected chi connectivity index (χ2v) is 9.93. The first-order chi connectivity index (χ1) is 14.6. The van der Waals surface area contributed by atoms with Gasteiger partial charge in [0.2, 0.25) is 19.2 Å². The van der Waals surface area contributed by atoms with E-state index in [1.807, 2.05) is 60.7 Å². The minimum atomic E-state index is -3.94. The second-order valence-electron chi connectivity index (χ2n) is 7.67. The first-order valence-corrected chi connectivity index (χ1v) is 11.9. The van der Waals surface area contributed by atoms with Crippen LogP contribution in [-0.2, 0) is 27.2 Å². The second kappa shape index (κ2) is 12.4. The molecule has 8 heteroatoms. The summed E-state index contributed by atoms with van der Waals surface area (Å²) in [6, 6.07) is 18.4. The van der Waals surface area contributed by atoms with Crippen molar-refractivity contribution in [2.24, 2.45) is 0 Å². The lowest BCUT2D eigenvalue weighted by Gasteiger charge is -2.30. The van der Waals surface area contributed by atoms with Gasteiger partial charge in [-0.15, -0.1) is 12.4 Å². The van der Waals surface area contributed by atoms with Gasteiger partial charge in [-0.2, -0.15) is 0 Å². The predicted molar refractivity (Wildman–Crippen MR) is 130 cm³/mol. The number of rotatable bonds is 10. The first kappa shape index (κ1) is 27.4. The highest BCUT2D eigenvalue weighted by Gasteiger charge is 2.30. The fraction of sp³-hybridized carbons (Fsp3) is 0.250. The van der Waals surface area contributed by atoms with E-state index in [1.54, 1.807) is 13.8 Å². The Morgan fingerprint density at radius 2 is 1.09 bits per heavy atom. The van der Waals surface area contributed by atoms with Crippen LogP contribution in [0.4, 0.5) is 0 Å². The maximum Gasteiger partial charge on any atom is 0.249 e. The molecule has 2 aromatic carbocycles. The van der Waals surface area contributed by atoms with Crippen LogP contribution < -0.4 is 0 Å². The van der Waals surface area contributed by atoms with Crippen LogP contribution in [0.25, 0.3) is 0 Å². The standard InChI is InChI=1S/C24H29N2O4P.ClH/c1-19(2)23(27)25(15-21-11-7-5-8-12-21)17-31(29,30)18-26(24(28)20(3)4)16-22-13-9-6-10-14-22;/h5-14H,1,3,15-18H2,2,4H3,(H,29,30);1H. The average molecular weight is 477 g/mol. The van der Waals surface area contributed by atoms with Crippen molar-refractivity contribution in [3.8, 4) is 0 Å². The third-order valence-electron chi connectivity index (χ3n) is 4.52. The molecule has 0 aliphatic heterocycles. The Kier molecular flexibility index (Phi) is 10.6. The zero-order valence-corrected chi connectivity index (χ0v) is 20.1. The van der Waals surface area contributed by atoms with Crippen LogP contribution in [-0.4, -0.2) is 39.1 Å². The summed E-state index contributed by atoms with van der Waals surface area (Å²) < 4.78 is 13.2. The highest BCUT2D eigenvalue weighted by atomic mass is 35.5. The predicted octanol–water partition coefficient (Wildman–Crippen LogP) is 4.80. The van der Waals surface area contributed by atoms with Crippen LogP contribution >= 0.6 is 19.8 Å². The van der Waals surface area contributed by atoms with Gasteiger partial charge < -0.3 is 14.7 Å². The van der Waals surface area contributed by atoms with Gasteiger partial charge in [-0.1, -0.05) is 73.8 Å². The number of halogens is 1. The van der Waals surface area contributed by atoms with E-state index >= 15 is 0 Å². The molecule has 2 aromatic rings. The summed E-state index contributed by atoms with van der Waals surface area (Å²) in [7, 11) is -3.94. The molecule has 0 fully saturated rings. The molecule has 172 valence electrons. The number of nitrogens with zero attached hydrogens (tertiary/aromatic N) is 2. The highest BCUT2D eigenvalue weighted by molar-refractivity contribution is 7.57. The maximum absolute atomic E-state index is 13.2. The molecule has 1 N–H and O–H groups in total. The van der Waals surface area contributed by atoms with Gasteiger partial charge in [-0.25, -0.2) is 0 Å². The molecule has 2 amide bonds. The third-order valence-corrected chi connectivity index (χ3v) is 6.09. The van der Waals surface area contributed by atoms with E-state index in [1.165, 1.54) is 9.80 Å². The van der Waals surface area contributed by atoms with Crippen molar-refractivity contribution in [3.63, 3.8) is 0 Å². The summed E-state index contributed by atoms with van der Waals surface area (Å²) in [4.78, 5) is 38.7. The van der Waals surface area contributed by atoms with Gasteiger partial charge in [0.25, 0.3) is 0 Å². The van der Waals surface area contributed by atoms with E-state index in [9.17, 15) is 19.0 Å². The number of hydrogen-bond donors (Lipinski definition) is 1. The van der Waals surface area contributed by atoms with Crippen LogP contribution in [0.3, 0.4) is 0 Å². The summed E-state index contributed by atoms with van der Waals surface area (Å²) in [5.41, 5.74) is 2.21. The van der Waals surface area contributed by atoms with E-state index in [4.69, 9.17) is 0 Å². The maximum atomic E-state index is 13.2. The summed E-state index contributed by atoms with van der Waals surface area (Å²) in [6.45, 7) is 10.8. The van der Waals surface area contributed by atoms with Crippen LogP contribution in [0, 0.1) is 0 Å². The minimum absolute atomic E-state index is 0. The lowest BCUT2D eigenvalue weighted by molar-refractivity contribution is -0.127. The fourth-order valence-electron chi connectivity index (χ4n) is 3.10. The molecule has 0 aromatic heterocycles. The van der Waals surface area contributed by atoms with Crippen LogP contribution in [0.5, 0.6) is 0 Å². The SMILES string of the molecule is C=C(C)C(=O)N(Cc1ccccc1)CP(=O)(O)CN(Cc1ccccc1)C(=O)C(=C)C.Cl. The van der Waals surface area contributed by atoms with E-state index in [-0.39, 0.29) is 49.2 Å². The number of hydrogen-bond acceptors (Lipinski definition) is 3. The zero-order valence-electron chi connectivity index (χ0n) is 18.4. The molecule has 0 aliphatic carbocycles. The van der Waals surface area contributed by atoms with E-state index < -0.39 is 19.2 Å². The Labute approximate surface area is 196 Å².